The molecule has 0 bridgehead atoms. The third kappa shape index (κ3) is 5.70. The zero-order chi connectivity index (χ0) is 22.4. The van der Waals surface area contributed by atoms with Crippen LogP contribution in [0.25, 0.3) is 0 Å². The van der Waals surface area contributed by atoms with Crippen LogP contribution in [0.15, 0.2) is 29.6 Å². The number of aliphatic hydroxyl groups is 1. The Bertz CT molecular complexity index is 880. The number of ether oxygens (including phenoxy) is 1. The van der Waals surface area contributed by atoms with Gasteiger partial charge in [-0.1, -0.05) is 13.5 Å². The van der Waals surface area contributed by atoms with Crippen LogP contribution in [0, 0.1) is 0 Å². The number of allylic oxidation sites excluding steroid dienone is 1. The number of nitrogens with one attached hydrogen (secondary N) is 1. The van der Waals surface area contributed by atoms with Gasteiger partial charge >= 0.3 is 0 Å². The first-order valence-electron chi connectivity index (χ1n) is 11.0. The summed E-state index contributed by atoms with van der Waals surface area (Å²) in [5.74, 6) is 1.79. The van der Waals surface area contributed by atoms with Crippen LogP contribution in [0.5, 0.6) is 0 Å². The number of fused-ring (bicyclic) bond motifs is 1. The summed E-state index contributed by atoms with van der Waals surface area (Å²) in [6.07, 6.45) is 8.91. The fourth-order valence-corrected chi connectivity index (χ4v) is 4.09. The van der Waals surface area contributed by atoms with Crippen molar-refractivity contribution in [1.82, 2.24) is 15.3 Å². The summed E-state index contributed by atoms with van der Waals surface area (Å²) < 4.78 is 5.03. The number of aromatic nitrogens is 2. The average molecular weight is 428 g/mol. The maximum atomic E-state index is 12.6. The van der Waals surface area contributed by atoms with E-state index >= 15 is 0 Å². The Morgan fingerprint density at radius 3 is 2.84 bits per heavy atom. The molecule has 1 aromatic rings. The monoisotopic (exact) mass is 427 g/mol. The van der Waals surface area contributed by atoms with E-state index in [1.807, 2.05) is 18.9 Å². The third-order valence-corrected chi connectivity index (χ3v) is 5.83. The van der Waals surface area contributed by atoms with Crippen LogP contribution < -0.4 is 10.2 Å². The average Bonchev–Trinajstić information content (AvgIpc) is 3.39. The number of aliphatic hydroxyl groups excluding tert-OH is 1. The van der Waals surface area contributed by atoms with Crippen molar-refractivity contribution < 1.29 is 14.6 Å². The smallest absolute Gasteiger partial charge is 0.239 e. The second-order valence-electron chi connectivity index (χ2n) is 8.09. The van der Waals surface area contributed by atoms with Crippen molar-refractivity contribution in [3.63, 3.8) is 0 Å². The highest BCUT2D eigenvalue weighted by molar-refractivity contribution is 5.98. The lowest BCUT2D eigenvalue weighted by molar-refractivity contribution is -0.121. The van der Waals surface area contributed by atoms with Gasteiger partial charge in [0.05, 0.1) is 31.5 Å². The highest BCUT2D eigenvalue weighted by Crippen LogP contribution is 2.28. The van der Waals surface area contributed by atoms with Gasteiger partial charge in [-0.3, -0.25) is 9.79 Å². The largest absolute Gasteiger partial charge is 0.497 e. The normalized spacial score (nSPS) is 20.7. The van der Waals surface area contributed by atoms with Gasteiger partial charge in [-0.2, -0.15) is 0 Å². The number of nitrogens with zero attached hydrogens (tertiary/aromatic N) is 4. The Morgan fingerprint density at radius 1 is 1.35 bits per heavy atom. The van der Waals surface area contributed by atoms with Crippen molar-refractivity contribution in [1.29, 1.82) is 0 Å². The molecular formula is C23H33N5O3. The summed E-state index contributed by atoms with van der Waals surface area (Å²) in [4.78, 5) is 28.5. The second kappa shape index (κ2) is 10.5. The van der Waals surface area contributed by atoms with Crippen molar-refractivity contribution >= 4 is 17.4 Å². The van der Waals surface area contributed by atoms with E-state index in [0.717, 1.165) is 61.3 Å². The Hall–Kier alpha value is -2.74. The minimum Gasteiger partial charge on any atom is -0.497 e. The summed E-state index contributed by atoms with van der Waals surface area (Å²) in [5, 5.41) is 12.9. The molecule has 2 aliphatic rings. The van der Waals surface area contributed by atoms with Crippen LogP contribution in [0.3, 0.4) is 0 Å². The number of aliphatic imine (C=N–C) groups is 1. The molecule has 3 rings (SSSR count). The number of hydrogen-bond donors (Lipinski definition) is 2. The first-order chi connectivity index (χ1) is 14.9. The summed E-state index contributed by atoms with van der Waals surface area (Å²) in [5.41, 5.74) is 2.91. The molecule has 0 aliphatic heterocycles. The minimum atomic E-state index is -0.449. The van der Waals surface area contributed by atoms with Crippen LogP contribution in [-0.2, 0) is 22.4 Å². The molecule has 2 atom stereocenters. The molecule has 1 saturated carbocycles. The summed E-state index contributed by atoms with van der Waals surface area (Å²) in [6, 6.07) is -0.153. The van der Waals surface area contributed by atoms with E-state index in [-0.39, 0.29) is 18.5 Å². The number of amides is 1. The number of anilines is 1. The number of methoxy groups -OCH3 is 1. The topological polar surface area (TPSA) is 99.9 Å². The molecule has 0 unspecified atom stereocenters. The highest BCUT2D eigenvalue weighted by atomic mass is 16.5. The molecule has 168 valence electrons. The molecule has 2 N–H and O–H groups in total. The second-order valence-corrected chi connectivity index (χ2v) is 8.09. The van der Waals surface area contributed by atoms with E-state index in [9.17, 15) is 9.90 Å². The van der Waals surface area contributed by atoms with E-state index < -0.39 is 6.10 Å². The molecule has 31 heavy (non-hydrogen) atoms. The predicted molar refractivity (Wildman–Crippen MR) is 121 cm³/mol. The maximum Gasteiger partial charge on any atom is 0.239 e. The molecule has 1 heterocycles. The standard InChI is InChI=1S/C23H33N5O3/c1-5-17(24-13-12-15(2)31-4)22-26-18-9-6-8-16(18)23(27-22)28(3)14-21(30)25-19-10-7-11-20(19)29/h12-13,19-20,29H,2,5-11,14H2,1,3-4H3,(H,25,30)/b13-12-,24-17?/t19-,20-/m0/s1. The van der Waals surface area contributed by atoms with Gasteiger partial charge in [0.2, 0.25) is 5.91 Å². The van der Waals surface area contributed by atoms with E-state index in [1.165, 1.54) is 0 Å². The zero-order valence-corrected chi connectivity index (χ0v) is 18.7. The van der Waals surface area contributed by atoms with Gasteiger partial charge in [0.15, 0.2) is 5.82 Å². The lowest BCUT2D eigenvalue weighted by Crippen LogP contribution is -2.44. The Kier molecular flexibility index (Phi) is 7.79. The van der Waals surface area contributed by atoms with E-state index in [4.69, 9.17) is 14.7 Å². The minimum absolute atomic E-state index is 0.106. The number of rotatable bonds is 9. The van der Waals surface area contributed by atoms with Gasteiger partial charge in [0.1, 0.15) is 11.6 Å². The molecular weight excluding hydrogens is 394 g/mol. The van der Waals surface area contributed by atoms with Gasteiger partial charge in [0.25, 0.3) is 0 Å². The predicted octanol–water partition coefficient (Wildman–Crippen LogP) is 2.30. The molecule has 0 spiro atoms. The van der Waals surface area contributed by atoms with E-state index in [2.05, 4.69) is 16.9 Å². The number of aryl methyl sites for hydroxylation is 1. The van der Waals surface area contributed by atoms with Crippen LogP contribution in [0.4, 0.5) is 5.82 Å². The molecule has 1 amide bonds. The van der Waals surface area contributed by atoms with Gasteiger partial charge in [-0.25, -0.2) is 9.97 Å². The van der Waals surface area contributed by atoms with Gasteiger partial charge in [0, 0.05) is 24.5 Å². The molecule has 0 saturated heterocycles. The first-order valence-corrected chi connectivity index (χ1v) is 11.0. The summed E-state index contributed by atoms with van der Waals surface area (Å²) in [6.45, 7) is 5.94. The van der Waals surface area contributed by atoms with Gasteiger partial charge in [-0.05, 0) is 51.0 Å². The van der Waals surface area contributed by atoms with Crippen molar-refractivity contribution in [2.45, 2.75) is 64.0 Å². The number of carbonyl (C=O) groups is 1. The zero-order valence-electron chi connectivity index (χ0n) is 18.7. The Morgan fingerprint density at radius 2 is 2.16 bits per heavy atom. The van der Waals surface area contributed by atoms with Gasteiger partial charge < -0.3 is 20.1 Å². The van der Waals surface area contributed by atoms with Crippen molar-refractivity contribution in [2.24, 2.45) is 4.99 Å². The summed E-state index contributed by atoms with van der Waals surface area (Å²) in [7, 11) is 3.44. The molecule has 1 fully saturated rings. The molecule has 8 nitrogen and oxygen atoms in total. The third-order valence-electron chi connectivity index (χ3n) is 5.83. The van der Waals surface area contributed by atoms with Crippen molar-refractivity contribution in [3.05, 3.63) is 41.7 Å². The molecule has 1 aromatic heterocycles. The van der Waals surface area contributed by atoms with Crippen LogP contribution in [-0.4, -0.2) is 59.5 Å². The fraction of sp³-hybridized carbons (Fsp3) is 0.565. The summed E-state index contributed by atoms with van der Waals surface area (Å²) >= 11 is 0. The van der Waals surface area contributed by atoms with Crippen LogP contribution in [0.1, 0.15) is 56.1 Å². The maximum absolute atomic E-state index is 12.6. The Labute approximate surface area is 184 Å². The number of hydrogen-bond acceptors (Lipinski definition) is 7. The number of carbonyl (C=O) groups excluding carboxylic acids is 1. The Balaban J connectivity index is 1.80. The molecule has 0 radical (unpaired) electrons. The van der Waals surface area contributed by atoms with E-state index in [0.29, 0.717) is 18.0 Å². The lowest BCUT2D eigenvalue weighted by atomic mass is 10.2. The van der Waals surface area contributed by atoms with Crippen molar-refractivity contribution in [3.8, 4) is 0 Å². The lowest BCUT2D eigenvalue weighted by Gasteiger charge is -2.23. The number of likely N-dealkylation sites (N-methyl/N-ethyl adjacent to an activating group) is 1. The molecule has 8 heteroatoms. The van der Waals surface area contributed by atoms with E-state index in [1.54, 1.807) is 19.4 Å². The quantitative estimate of drug-likeness (QED) is 0.356. The SMILES string of the molecule is C=C(/C=C\N=C(CC)c1nc2c(c(N(C)CC(=O)N[C@H]3CCC[C@@H]3O)n1)CCC2)OC. The molecule has 2 aliphatic carbocycles. The van der Waals surface area contributed by atoms with Crippen LogP contribution >= 0.6 is 0 Å². The van der Waals surface area contributed by atoms with Gasteiger partial charge in [-0.15, -0.1) is 0 Å². The van der Waals surface area contributed by atoms with Crippen molar-refractivity contribution in [2.75, 3.05) is 25.6 Å². The first kappa shape index (κ1) is 22.9. The molecule has 0 aromatic carbocycles. The van der Waals surface area contributed by atoms with Crippen LogP contribution in [0.2, 0.25) is 0 Å². The fourth-order valence-electron chi connectivity index (χ4n) is 4.09. The highest BCUT2D eigenvalue weighted by Gasteiger charge is 2.28.